The van der Waals surface area contributed by atoms with Gasteiger partial charge in [0.1, 0.15) is 0 Å². The van der Waals surface area contributed by atoms with E-state index < -0.39 is 17.9 Å². The summed E-state index contributed by atoms with van der Waals surface area (Å²) in [4.78, 5) is 27.0. The zero-order chi connectivity index (χ0) is 16.7. The van der Waals surface area contributed by atoms with Crippen molar-refractivity contribution in [3.63, 3.8) is 0 Å². The topological polar surface area (TPSA) is 164 Å². The molecule has 1 aliphatic carbocycles. The minimum absolute atomic E-state index is 0.281. The van der Waals surface area contributed by atoms with E-state index in [1.807, 2.05) is 0 Å². The summed E-state index contributed by atoms with van der Waals surface area (Å²) in [7, 11) is 0. The highest BCUT2D eigenvalue weighted by atomic mass is 16.4. The number of carboxylic acid groups (broad SMARTS) is 3. The van der Waals surface area contributed by atoms with Gasteiger partial charge in [0.05, 0.1) is 0 Å². The molecule has 1 saturated carbocycles. The third kappa shape index (κ3) is 44.1. The number of nitrogens with two attached hydrogens (primary N) is 2. The molecule has 0 spiro atoms. The SMILES string of the molecule is CC(=O)O.CC(=O)O.CC(=O)O.NC1CCCCC1N. The molecule has 7 N–H and O–H groups in total. The highest BCUT2D eigenvalue weighted by molar-refractivity contribution is 5.63. The Balaban J connectivity index is -0.000000209. The van der Waals surface area contributed by atoms with Gasteiger partial charge in [-0.05, 0) is 12.8 Å². The highest BCUT2D eigenvalue weighted by Crippen LogP contribution is 2.14. The van der Waals surface area contributed by atoms with Crippen LogP contribution in [0.25, 0.3) is 0 Å². The Labute approximate surface area is 118 Å². The quantitative estimate of drug-likeness (QED) is 0.430. The number of hydrogen-bond donors (Lipinski definition) is 5. The fourth-order valence-corrected chi connectivity index (χ4v) is 1.19. The van der Waals surface area contributed by atoms with Gasteiger partial charge >= 0.3 is 0 Å². The largest absolute Gasteiger partial charge is 0.481 e. The first kappa shape index (κ1) is 23.4. The first-order valence-electron chi connectivity index (χ1n) is 6.10. The van der Waals surface area contributed by atoms with Crippen LogP contribution in [0.4, 0.5) is 0 Å². The van der Waals surface area contributed by atoms with Crippen molar-refractivity contribution in [1.82, 2.24) is 0 Å². The van der Waals surface area contributed by atoms with Crippen molar-refractivity contribution in [3.05, 3.63) is 0 Å². The molecule has 0 aromatic carbocycles. The molecule has 1 aliphatic rings. The van der Waals surface area contributed by atoms with E-state index in [0.29, 0.717) is 0 Å². The summed E-state index contributed by atoms with van der Waals surface area (Å²) in [5.41, 5.74) is 11.3. The number of aliphatic carboxylic acids is 3. The Bertz CT molecular complexity index is 233. The zero-order valence-corrected chi connectivity index (χ0v) is 12.2. The summed E-state index contributed by atoms with van der Waals surface area (Å²) in [6.45, 7) is 3.25. The molecule has 8 nitrogen and oxygen atoms in total. The Morgan fingerprint density at radius 2 is 0.900 bits per heavy atom. The third-order valence-electron chi connectivity index (χ3n) is 1.87. The van der Waals surface area contributed by atoms with Crippen LogP contribution in [0.15, 0.2) is 0 Å². The van der Waals surface area contributed by atoms with Gasteiger partial charge in [0.15, 0.2) is 0 Å². The molecule has 0 saturated heterocycles. The number of carbonyl (C=O) groups is 3. The Morgan fingerprint density at radius 1 is 0.750 bits per heavy atom. The Morgan fingerprint density at radius 3 is 1.00 bits per heavy atom. The molecule has 0 bridgehead atoms. The van der Waals surface area contributed by atoms with Gasteiger partial charge in [-0.2, -0.15) is 0 Å². The van der Waals surface area contributed by atoms with Gasteiger partial charge in [-0.1, -0.05) is 12.8 Å². The predicted molar refractivity (Wildman–Crippen MR) is 74.3 cm³/mol. The fourth-order valence-electron chi connectivity index (χ4n) is 1.19. The first-order chi connectivity index (χ1) is 9.00. The van der Waals surface area contributed by atoms with Crippen LogP contribution in [0.5, 0.6) is 0 Å². The molecule has 0 aromatic heterocycles. The normalized spacial score (nSPS) is 19.6. The van der Waals surface area contributed by atoms with Gasteiger partial charge < -0.3 is 26.8 Å². The van der Waals surface area contributed by atoms with Crippen LogP contribution in [0.1, 0.15) is 46.5 Å². The molecular formula is C12H26N2O6. The summed E-state index contributed by atoms with van der Waals surface area (Å²) in [5, 5.41) is 22.2. The molecule has 0 heterocycles. The highest BCUT2D eigenvalue weighted by Gasteiger charge is 2.16. The van der Waals surface area contributed by atoms with E-state index >= 15 is 0 Å². The maximum atomic E-state index is 9.00. The number of carboxylic acids is 3. The van der Waals surface area contributed by atoms with Gasteiger partial charge in [0.2, 0.25) is 0 Å². The standard InChI is InChI=1S/C6H14N2.3C2H4O2/c7-5-3-1-2-4-6(5)8;3*1-2(3)4/h5-6H,1-4,7-8H2;3*1H3,(H,3,4). The van der Waals surface area contributed by atoms with Crippen LogP contribution in [-0.2, 0) is 14.4 Å². The lowest BCUT2D eigenvalue weighted by molar-refractivity contribution is -0.135. The van der Waals surface area contributed by atoms with Crippen LogP contribution in [-0.4, -0.2) is 45.3 Å². The van der Waals surface area contributed by atoms with Gasteiger partial charge in [0, 0.05) is 32.9 Å². The number of hydrogen-bond acceptors (Lipinski definition) is 5. The van der Waals surface area contributed by atoms with Gasteiger partial charge in [0.25, 0.3) is 17.9 Å². The monoisotopic (exact) mass is 294 g/mol. The second-order valence-electron chi connectivity index (χ2n) is 4.17. The summed E-state index contributed by atoms with van der Waals surface area (Å²) >= 11 is 0. The van der Waals surface area contributed by atoms with E-state index in [4.69, 9.17) is 41.2 Å². The number of rotatable bonds is 0. The lowest BCUT2D eigenvalue weighted by atomic mass is 9.92. The molecule has 2 unspecified atom stereocenters. The van der Waals surface area contributed by atoms with E-state index in [9.17, 15) is 0 Å². The van der Waals surface area contributed by atoms with Crippen LogP contribution < -0.4 is 11.5 Å². The third-order valence-corrected chi connectivity index (χ3v) is 1.87. The van der Waals surface area contributed by atoms with Gasteiger partial charge in [-0.15, -0.1) is 0 Å². The minimum Gasteiger partial charge on any atom is -0.481 e. The average Bonchev–Trinajstić information content (AvgIpc) is 2.20. The summed E-state index contributed by atoms with van der Waals surface area (Å²) in [6, 6.07) is 0.562. The molecule has 1 rings (SSSR count). The fraction of sp³-hybridized carbons (Fsp3) is 0.750. The van der Waals surface area contributed by atoms with E-state index in [2.05, 4.69) is 0 Å². The Kier molecular flexibility index (Phi) is 18.0. The molecule has 2 atom stereocenters. The van der Waals surface area contributed by atoms with Crippen molar-refractivity contribution in [2.24, 2.45) is 11.5 Å². The molecule has 1 fully saturated rings. The molecule has 0 aromatic rings. The minimum atomic E-state index is -0.833. The maximum absolute atomic E-state index is 9.00. The van der Waals surface area contributed by atoms with Crippen molar-refractivity contribution < 1.29 is 29.7 Å². The second-order valence-corrected chi connectivity index (χ2v) is 4.17. The van der Waals surface area contributed by atoms with E-state index in [1.54, 1.807) is 0 Å². The summed E-state index contributed by atoms with van der Waals surface area (Å²) < 4.78 is 0. The predicted octanol–water partition coefficient (Wildman–Crippen LogP) is 0.488. The van der Waals surface area contributed by atoms with Crippen LogP contribution in [0.2, 0.25) is 0 Å². The van der Waals surface area contributed by atoms with E-state index in [0.717, 1.165) is 33.6 Å². The molecular weight excluding hydrogens is 268 g/mol. The van der Waals surface area contributed by atoms with Crippen molar-refractivity contribution >= 4 is 17.9 Å². The molecule has 0 radical (unpaired) electrons. The van der Waals surface area contributed by atoms with Crippen LogP contribution in [0, 0.1) is 0 Å². The lowest BCUT2D eigenvalue weighted by Gasteiger charge is -2.24. The van der Waals surface area contributed by atoms with E-state index in [-0.39, 0.29) is 12.1 Å². The second kappa shape index (κ2) is 15.4. The molecule has 20 heavy (non-hydrogen) atoms. The van der Waals surface area contributed by atoms with Crippen molar-refractivity contribution in [2.45, 2.75) is 58.5 Å². The zero-order valence-electron chi connectivity index (χ0n) is 12.2. The molecule has 0 aliphatic heterocycles. The first-order valence-corrected chi connectivity index (χ1v) is 6.10. The molecule has 8 heteroatoms. The van der Waals surface area contributed by atoms with E-state index in [1.165, 1.54) is 12.8 Å². The smallest absolute Gasteiger partial charge is 0.300 e. The van der Waals surface area contributed by atoms with Crippen LogP contribution >= 0.6 is 0 Å². The van der Waals surface area contributed by atoms with Gasteiger partial charge in [-0.25, -0.2) is 0 Å². The Hall–Kier alpha value is -1.67. The van der Waals surface area contributed by atoms with Crippen LogP contribution in [0.3, 0.4) is 0 Å². The summed E-state index contributed by atoms with van der Waals surface area (Å²) in [6.07, 6.45) is 4.80. The molecule has 0 amide bonds. The van der Waals surface area contributed by atoms with Crippen molar-refractivity contribution in [2.75, 3.05) is 0 Å². The van der Waals surface area contributed by atoms with Gasteiger partial charge in [-0.3, -0.25) is 14.4 Å². The summed E-state index contributed by atoms with van der Waals surface area (Å²) in [5.74, 6) is -2.50. The van der Waals surface area contributed by atoms with Crippen molar-refractivity contribution in [1.29, 1.82) is 0 Å². The van der Waals surface area contributed by atoms with Crippen molar-refractivity contribution in [3.8, 4) is 0 Å². The maximum Gasteiger partial charge on any atom is 0.300 e. The lowest BCUT2D eigenvalue weighted by Crippen LogP contribution is -2.43. The average molecular weight is 294 g/mol. The molecule has 120 valence electrons.